The number of amides is 1. The van der Waals surface area contributed by atoms with Gasteiger partial charge in [0.05, 0.1) is 0 Å². The van der Waals surface area contributed by atoms with Crippen molar-refractivity contribution in [3.05, 3.63) is 95.0 Å². The number of rotatable bonds is 9. The Balaban J connectivity index is 1.86. The average molecular weight is 395 g/mol. The zero-order valence-electron chi connectivity index (χ0n) is 15.5. The third-order valence-corrected chi connectivity index (χ3v) is 5.21. The molecule has 2 aromatic heterocycles. The largest absolute Gasteiger partial charge is 0.368 e. The predicted octanol–water partition coefficient (Wildman–Crippen LogP) is 3.28. The minimum atomic E-state index is -1.06. The number of nitrogens with zero attached hydrogens (tertiary/aromatic N) is 2. The molecule has 1 amide bonds. The van der Waals surface area contributed by atoms with Crippen LogP contribution in [0.25, 0.3) is 0 Å². The minimum absolute atomic E-state index is 0.440. The molecule has 0 saturated carbocycles. The van der Waals surface area contributed by atoms with Crippen molar-refractivity contribution in [2.75, 3.05) is 6.54 Å². The van der Waals surface area contributed by atoms with E-state index in [0.717, 1.165) is 17.5 Å². The highest BCUT2D eigenvalue weighted by atomic mass is 35.5. The first-order chi connectivity index (χ1) is 13.6. The van der Waals surface area contributed by atoms with E-state index < -0.39 is 11.4 Å². The standard InChI is InChI=1S/C22H23ClN4O/c23-20-4-2-1-3-19(20)22(21(24)28,11-5-17-6-12-25-13-7-17)27-16-10-18-8-14-26-15-9-18/h1-4,6-9,12-15,27H,5,10-11,16H2,(H2,24,28). The summed E-state index contributed by atoms with van der Waals surface area (Å²) in [4.78, 5) is 20.8. The molecule has 0 spiro atoms. The highest BCUT2D eigenvalue weighted by Crippen LogP contribution is 2.32. The van der Waals surface area contributed by atoms with Crippen molar-refractivity contribution in [3.8, 4) is 0 Å². The Labute approximate surface area is 170 Å². The molecule has 2 heterocycles. The van der Waals surface area contributed by atoms with Crippen LogP contribution in [-0.2, 0) is 23.2 Å². The molecule has 3 rings (SSSR count). The van der Waals surface area contributed by atoms with E-state index in [9.17, 15) is 4.79 Å². The molecular weight excluding hydrogens is 372 g/mol. The number of hydrogen-bond acceptors (Lipinski definition) is 4. The Hall–Kier alpha value is -2.76. The van der Waals surface area contributed by atoms with Gasteiger partial charge < -0.3 is 5.73 Å². The van der Waals surface area contributed by atoms with Gasteiger partial charge in [-0.3, -0.25) is 20.1 Å². The van der Waals surface area contributed by atoms with Gasteiger partial charge in [-0.05, 0) is 60.7 Å². The van der Waals surface area contributed by atoms with Gasteiger partial charge in [0.1, 0.15) is 5.54 Å². The maximum Gasteiger partial charge on any atom is 0.242 e. The van der Waals surface area contributed by atoms with Crippen molar-refractivity contribution in [2.45, 2.75) is 24.8 Å². The van der Waals surface area contributed by atoms with E-state index >= 15 is 0 Å². The summed E-state index contributed by atoms with van der Waals surface area (Å²) in [5.41, 5.74) is 7.79. The lowest BCUT2D eigenvalue weighted by Crippen LogP contribution is -2.53. The number of aromatic nitrogens is 2. The summed E-state index contributed by atoms with van der Waals surface area (Å²) in [6.07, 6.45) is 8.91. The van der Waals surface area contributed by atoms with Crippen molar-refractivity contribution in [2.24, 2.45) is 5.73 Å². The van der Waals surface area contributed by atoms with Crippen molar-refractivity contribution in [3.63, 3.8) is 0 Å². The summed E-state index contributed by atoms with van der Waals surface area (Å²) in [6.45, 7) is 0.578. The number of aryl methyl sites for hydroxylation is 1. The van der Waals surface area contributed by atoms with E-state index in [2.05, 4.69) is 15.3 Å². The second-order valence-electron chi connectivity index (χ2n) is 6.64. The fraction of sp³-hybridized carbons (Fsp3) is 0.227. The summed E-state index contributed by atoms with van der Waals surface area (Å²) in [6, 6.07) is 15.2. The first-order valence-corrected chi connectivity index (χ1v) is 9.57. The van der Waals surface area contributed by atoms with Crippen LogP contribution in [-0.4, -0.2) is 22.4 Å². The summed E-state index contributed by atoms with van der Waals surface area (Å²) in [5.74, 6) is -0.440. The zero-order valence-corrected chi connectivity index (χ0v) is 16.3. The molecule has 0 fully saturated rings. The van der Waals surface area contributed by atoms with E-state index in [1.165, 1.54) is 0 Å². The van der Waals surface area contributed by atoms with Crippen molar-refractivity contribution in [1.82, 2.24) is 15.3 Å². The van der Waals surface area contributed by atoms with Crippen LogP contribution in [0.2, 0.25) is 5.02 Å². The summed E-state index contributed by atoms with van der Waals surface area (Å²) in [5, 5.41) is 3.93. The second kappa shape index (κ2) is 9.44. The summed E-state index contributed by atoms with van der Waals surface area (Å²) in [7, 11) is 0. The quantitative estimate of drug-likeness (QED) is 0.583. The van der Waals surface area contributed by atoms with Gasteiger partial charge >= 0.3 is 0 Å². The predicted molar refractivity (Wildman–Crippen MR) is 111 cm³/mol. The Morgan fingerprint density at radius 1 is 0.929 bits per heavy atom. The molecule has 0 aliphatic carbocycles. The maximum atomic E-state index is 12.7. The van der Waals surface area contributed by atoms with Crippen molar-refractivity contribution in [1.29, 1.82) is 0 Å². The van der Waals surface area contributed by atoms with Gasteiger partial charge in [-0.15, -0.1) is 0 Å². The molecule has 1 aromatic carbocycles. The van der Waals surface area contributed by atoms with Crippen LogP contribution in [0.15, 0.2) is 73.3 Å². The van der Waals surface area contributed by atoms with E-state index in [4.69, 9.17) is 17.3 Å². The molecule has 1 atom stereocenters. The number of nitrogens with one attached hydrogen (secondary N) is 1. The van der Waals surface area contributed by atoms with Gasteiger partial charge in [-0.2, -0.15) is 0 Å². The van der Waals surface area contributed by atoms with Crippen LogP contribution in [0.3, 0.4) is 0 Å². The molecule has 0 aliphatic heterocycles. The average Bonchev–Trinajstić information content (AvgIpc) is 2.72. The van der Waals surface area contributed by atoms with E-state index in [1.54, 1.807) is 30.9 Å². The fourth-order valence-corrected chi connectivity index (χ4v) is 3.62. The minimum Gasteiger partial charge on any atom is -0.368 e. The number of carbonyl (C=O) groups excluding carboxylic acids is 1. The van der Waals surface area contributed by atoms with Crippen LogP contribution in [0.1, 0.15) is 23.1 Å². The fourth-order valence-electron chi connectivity index (χ4n) is 3.32. The molecule has 144 valence electrons. The van der Waals surface area contributed by atoms with Crippen LogP contribution in [0.5, 0.6) is 0 Å². The molecule has 6 heteroatoms. The Morgan fingerprint density at radius 3 is 2.07 bits per heavy atom. The monoisotopic (exact) mass is 394 g/mol. The smallest absolute Gasteiger partial charge is 0.242 e. The maximum absolute atomic E-state index is 12.7. The molecule has 28 heavy (non-hydrogen) atoms. The summed E-state index contributed by atoms with van der Waals surface area (Å²) < 4.78 is 0. The number of hydrogen-bond donors (Lipinski definition) is 2. The van der Waals surface area contributed by atoms with Crippen LogP contribution in [0.4, 0.5) is 0 Å². The molecule has 0 bridgehead atoms. The lowest BCUT2D eigenvalue weighted by atomic mass is 9.83. The molecule has 0 saturated heterocycles. The molecule has 0 radical (unpaired) electrons. The number of halogens is 1. The first-order valence-electron chi connectivity index (χ1n) is 9.19. The number of benzene rings is 1. The van der Waals surface area contributed by atoms with E-state index in [-0.39, 0.29) is 0 Å². The molecular formula is C22H23ClN4O. The second-order valence-corrected chi connectivity index (χ2v) is 7.04. The zero-order chi connectivity index (χ0) is 19.8. The Morgan fingerprint density at radius 2 is 1.50 bits per heavy atom. The number of carbonyl (C=O) groups is 1. The molecule has 0 aliphatic rings. The van der Waals surface area contributed by atoms with E-state index in [0.29, 0.717) is 30.0 Å². The van der Waals surface area contributed by atoms with Gasteiger partial charge in [0.25, 0.3) is 0 Å². The number of pyridine rings is 2. The normalized spacial score (nSPS) is 13.0. The number of nitrogens with two attached hydrogens (primary N) is 1. The lowest BCUT2D eigenvalue weighted by molar-refractivity contribution is -0.125. The third-order valence-electron chi connectivity index (χ3n) is 4.88. The highest BCUT2D eigenvalue weighted by Gasteiger charge is 2.39. The van der Waals surface area contributed by atoms with E-state index in [1.807, 2.05) is 42.5 Å². The highest BCUT2D eigenvalue weighted by molar-refractivity contribution is 6.31. The van der Waals surface area contributed by atoms with Crippen LogP contribution in [0, 0.1) is 0 Å². The van der Waals surface area contributed by atoms with Gasteiger partial charge in [0, 0.05) is 41.9 Å². The third kappa shape index (κ3) is 4.74. The Bertz CT molecular complexity index is 905. The van der Waals surface area contributed by atoms with Gasteiger partial charge in [-0.25, -0.2) is 0 Å². The molecule has 5 nitrogen and oxygen atoms in total. The number of primary amides is 1. The molecule has 3 N–H and O–H groups in total. The van der Waals surface area contributed by atoms with Crippen LogP contribution >= 0.6 is 11.6 Å². The van der Waals surface area contributed by atoms with Gasteiger partial charge in [0.15, 0.2) is 0 Å². The topological polar surface area (TPSA) is 80.9 Å². The van der Waals surface area contributed by atoms with Crippen LogP contribution < -0.4 is 11.1 Å². The lowest BCUT2D eigenvalue weighted by Gasteiger charge is -2.33. The SMILES string of the molecule is NC(=O)C(CCc1ccncc1)(NCCc1ccncc1)c1ccccc1Cl. The van der Waals surface area contributed by atoms with Crippen molar-refractivity contribution < 1.29 is 4.79 Å². The van der Waals surface area contributed by atoms with Gasteiger partial charge in [-0.1, -0.05) is 29.8 Å². The first kappa shape index (κ1) is 20.0. The molecule has 1 unspecified atom stereocenters. The summed E-state index contributed by atoms with van der Waals surface area (Å²) >= 11 is 6.46. The van der Waals surface area contributed by atoms with Crippen molar-refractivity contribution >= 4 is 17.5 Å². The Kier molecular flexibility index (Phi) is 6.74. The molecule has 3 aromatic rings. The van der Waals surface area contributed by atoms with Gasteiger partial charge in [0.2, 0.25) is 5.91 Å².